The van der Waals surface area contributed by atoms with Crippen LogP contribution in [-0.2, 0) is 17.8 Å². The molecule has 2 nitrogen and oxygen atoms in total. The molecular formula is C19H26ClNO. The highest BCUT2D eigenvalue weighted by Crippen LogP contribution is 2.24. The van der Waals surface area contributed by atoms with Gasteiger partial charge in [-0.3, -0.25) is 0 Å². The molecule has 3 heteroatoms. The van der Waals surface area contributed by atoms with Gasteiger partial charge in [0, 0.05) is 6.54 Å². The first-order valence-corrected chi connectivity index (χ1v) is 7.60. The van der Waals surface area contributed by atoms with Crippen LogP contribution < -0.4 is 0 Å². The lowest BCUT2D eigenvalue weighted by Crippen LogP contribution is -2.17. The second kappa shape index (κ2) is 9.62. The van der Waals surface area contributed by atoms with E-state index in [1.54, 1.807) is 0 Å². The van der Waals surface area contributed by atoms with Crippen LogP contribution in [0.3, 0.4) is 0 Å². The first kappa shape index (κ1) is 18.7. The van der Waals surface area contributed by atoms with Gasteiger partial charge in [-0.2, -0.15) is 0 Å². The first-order valence-electron chi connectivity index (χ1n) is 7.60. The molecule has 0 amide bonds. The molecule has 0 N–H and O–H groups in total. The molecule has 120 valence electrons. The van der Waals surface area contributed by atoms with Crippen molar-refractivity contribution in [1.29, 1.82) is 0 Å². The zero-order valence-corrected chi connectivity index (χ0v) is 14.5. The highest BCUT2D eigenvalue weighted by molar-refractivity contribution is 5.85. The Morgan fingerprint density at radius 2 is 1.64 bits per heavy atom. The topological polar surface area (TPSA) is 12.5 Å². The summed E-state index contributed by atoms with van der Waals surface area (Å²) in [6.45, 7) is 4.56. The normalized spacial score (nSPS) is 10.5. The number of nitrogens with zero attached hydrogens (tertiary/aromatic N) is 1. The molecule has 0 heterocycles. The zero-order valence-electron chi connectivity index (χ0n) is 13.7. The number of benzene rings is 2. The predicted molar refractivity (Wildman–Crippen MR) is 96.7 cm³/mol. The van der Waals surface area contributed by atoms with Gasteiger partial charge in [0.05, 0.1) is 13.2 Å². The van der Waals surface area contributed by atoms with Gasteiger partial charge in [-0.15, -0.1) is 12.4 Å². The Labute approximate surface area is 140 Å². The lowest BCUT2D eigenvalue weighted by atomic mass is 9.98. The highest BCUT2D eigenvalue weighted by Gasteiger charge is 2.05. The van der Waals surface area contributed by atoms with E-state index in [1.807, 2.05) is 0 Å². The Hall–Kier alpha value is -1.35. The molecule has 2 rings (SSSR count). The van der Waals surface area contributed by atoms with E-state index in [1.165, 1.54) is 22.3 Å². The lowest BCUT2D eigenvalue weighted by Gasteiger charge is -2.13. The third-order valence-corrected chi connectivity index (χ3v) is 3.63. The molecular weight excluding hydrogens is 294 g/mol. The maximum Gasteiger partial charge on any atom is 0.0723 e. The van der Waals surface area contributed by atoms with Gasteiger partial charge in [-0.05, 0) is 42.8 Å². The highest BCUT2D eigenvalue weighted by atomic mass is 35.5. The molecule has 0 aliphatic rings. The van der Waals surface area contributed by atoms with Crippen LogP contribution in [0.25, 0.3) is 11.1 Å². The van der Waals surface area contributed by atoms with Crippen molar-refractivity contribution in [2.24, 2.45) is 0 Å². The van der Waals surface area contributed by atoms with Crippen LogP contribution in [0, 0.1) is 0 Å². The second-order valence-corrected chi connectivity index (χ2v) is 5.56. The van der Waals surface area contributed by atoms with Crippen LogP contribution in [0.15, 0.2) is 48.5 Å². The third kappa shape index (κ3) is 5.45. The van der Waals surface area contributed by atoms with Crippen molar-refractivity contribution in [1.82, 2.24) is 4.90 Å². The molecule has 2 aromatic rings. The number of rotatable bonds is 7. The quantitative estimate of drug-likeness (QED) is 0.701. The summed E-state index contributed by atoms with van der Waals surface area (Å²) in [6.07, 6.45) is 1.08. The fourth-order valence-electron chi connectivity index (χ4n) is 2.28. The summed E-state index contributed by atoms with van der Waals surface area (Å²) in [5.41, 5.74) is 5.16. The van der Waals surface area contributed by atoms with Gasteiger partial charge in [-0.1, -0.05) is 55.5 Å². The van der Waals surface area contributed by atoms with Gasteiger partial charge < -0.3 is 9.64 Å². The Morgan fingerprint density at radius 3 is 2.27 bits per heavy atom. The minimum atomic E-state index is 0. The molecule has 0 spiro atoms. The number of ether oxygens (including phenoxy) is 1. The Balaban J connectivity index is 0.00000242. The average molecular weight is 320 g/mol. The van der Waals surface area contributed by atoms with E-state index in [9.17, 15) is 0 Å². The van der Waals surface area contributed by atoms with Crippen LogP contribution in [0.4, 0.5) is 0 Å². The van der Waals surface area contributed by atoms with Gasteiger partial charge in [0.25, 0.3) is 0 Å². The van der Waals surface area contributed by atoms with Crippen molar-refractivity contribution >= 4 is 12.4 Å². The van der Waals surface area contributed by atoms with Crippen molar-refractivity contribution in [2.45, 2.75) is 20.0 Å². The lowest BCUT2D eigenvalue weighted by molar-refractivity contribution is 0.105. The number of halogens is 1. The van der Waals surface area contributed by atoms with Crippen LogP contribution >= 0.6 is 12.4 Å². The average Bonchev–Trinajstić information content (AvgIpc) is 2.52. The Bertz CT molecular complexity index is 552. The fraction of sp³-hybridized carbons (Fsp3) is 0.368. The van der Waals surface area contributed by atoms with Crippen LogP contribution in [0.2, 0.25) is 0 Å². The minimum absolute atomic E-state index is 0. The minimum Gasteiger partial charge on any atom is -0.375 e. The van der Waals surface area contributed by atoms with E-state index >= 15 is 0 Å². The standard InChI is InChI=1S/C19H25NO.ClH/c1-4-16-9-11-17(12-10-16)19-8-6-5-7-18(19)15-21-14-13-20(2)3;/h5-12H,4,13-15H2,1-3H3;1H. The van der Waals surface area contributed by atoms with Crippen molar-refractivity contribution in [2.75, 3.05) is 27.2 Å². The monoisotopic (exact) mass is 319 g/mol. The zero-order chi connectivity index (χ0) is 15.1. The summed E-state index contributed by atoms with van der Waals surface area (Å²) < 4.78 is 5.80. The number of hydrogen-bond donors (Lipinski definition) is 0. The molecule has 0 aromatic heterocycles. The molecule has 22 heavy (non-hydrogen) atoms. The van der Waals surface area contributed by atoms with E-state index in [-0.39, 0.29) is 12.4 Å². The second-order valence-electron chi connectivity index (χ2n) is 5.56. The van der Waals surface area contributed by atoms with Gasteiger partial charge >= 0.3 is 0 Å². The summed E-state index contributed by atoms with van der Waals surface area (Å²) in [5.74, 6) is 0. The number of hydrogen-bond acceptors (Lipinski definition) is 2. The van der Waals surface area contributed by atoms with Crippen LogP contribution in [-0.4, -0.2) is 32.1 Å². The molecule has 0 saturated heterocycles. The van der Waals surface area contributed by atoms with Gasteiger partial charge in [0.15, 0.2) is 0 Å². The third-order valence-electron chi connectivity index (χ3n) is 3.63. The summed E-state index contributed by atoms with van der Waals surface area (Å²) in [5, 5.41) is 0. The van der Waals surface area contributed by atoms with Gasteiger partial charge in [0.2, 0.25) is 0 Å². The number of aryl methyl sites for hydroxylation is 1. The maximum atomic E-state index is 5.80. The van der Waals surface area contributed by atoms with Crippen molar-refractivity contribution in [3.8, 4) is 11.1 Å². The molecule has 0 aliphatic carbocycles. The molecule has 0 fully saturated rings. The van der Waals surface area contributed by atoms with Crippen LogP contribution in [0.1, 0.15) is 18.1 Å². The first-order chi connectivity index (χ1) is 10.2. The Kier molecular flexibility index (Phi) is 8.18. The largest absolute Gasteiger partial charge is 0.375 e. The summed E-state index contributed by atoms with van der Waals surface area (Å²) >= 11 is 0. The molecule has 2 aromatic carbocycles. The summed E-state index contributed by atoms with van der Waals surface area (Å²) in [4.78, 5) is 2.13. The van der Waals surface area contributed by atoms with Crippen molar-refractivity contribution < 1.29 is 4.74 Å². The van der Waals surface area contributed by atoms with Gasteiger partial charge in [0.1, 0.15) is 0 Å². The van der Waals surface area contributed by atoms with Crippen molar-refractivity contribution in [3.05, 3.63) is 59.7 Å². The maximum absolute atomic E-state index is 5.80. The molecule has 0 saturated carbocycles. The van der Waals surface area contributed by atoms with E-state index in [0.717, 1.165) is 19.6 Å². The fourth-order valence-corrected chi connectivity index (χ4v) is 2.28. The van der Waals surface area contributed by atoms with E-state index < -0.39 is 0 Å². The predicted octanol–water partition coefficient (Wildman–Crippen LogP) is 4.42. The number of likely N-dealkylation sites (N-methyl/N-ethyl adjacent to an activating group) is 1. The van der Waals surface area contributed by atoms with Crippen LogP contribution in [0.5, 0.6) is 0 Å². The molecule has 0 bridgehead atoms. The molecule has 0 aliphatic heterocycles. The molecule has 0 atom stereocenters. The van der Waals surface area contributed by atoms with E-state index in [4.69, 9.17) is 4.74 Å². The Morgan fingerprint density at radius 1 is 0.955 bits per heavy atom. The molecule has 0 radical (unpaired) electrons. The van der Waals surface area contributed by atoms with Crippen molar-refractivity contribution in [3.63, 3.8) is 0 Å². The van der Waals surface area contributed by atoms with E-state index in [2.05, 4.69) is 74.4 Å². The van der Waals surface area contributed by atoms with Gasteiger partial charge in [-0.25, -0.2) is 0 Å². The SMILES string of the molecule is CCc1ccc(-c2ccccc2COCCN(C)C)cc1.Cl. The van der Waals surface area contributed by atoms with E-state index in [0.29, 0.717) is 6.61 Å². The molecule has 0 unspecified atom stereocenters. The summed E-state index contributed by atoms with van der Waals surface area (Å²) in [6, 6.07) is 17.3. The smallest absolute Gasteiger partial charge is 0.0723 e. The summed E-state index contributed by atoms with van der Waals surface area (Å²) in [7, 11) is 4.12.